The van der Waals surface area contributed by atoms with Crippen LogP contribution in [0, 0.1) is 0 Å². The fourth-order valence-corrected chi connectivity index (χ4v) is 3.94. The van der Waals surface area contributed by atoms with E-state index in [0.29, 0.717) is 31.7 Å². The molecule has 1 fully saturated rings. The van der Waals surface area contributed by atoms with Gasteiger partial charge in [0.25, 0.3) is 5.91 Å². The van der Waals surface area contributed by atoms with Crippen LogP contribution in [0.2, 0.25) is 0 Å². The minimum absolute atomic E-state index is 0.0646. The maximum Gasteiger partial charge on any atom is 0.254 e. The lowest BCUT2D eigenvalue weighted by Crippen LogP contribution is -2.48. The van der Waals surface area contributed by atoms with Gasteiger partial charge in [0, 0.05) is 37.3 Å². The summed E-state index contributed by atoms with van der Waals surface area (Å²) in [5, 5.41) is 0. The first-order valence-electron chi connectivity index (χ1n) is 7.75. The fraction of sp³-hybridized carbons (Fsp3) is 0.500. The summed E-state index contributed by atoms with van der Waals surface area (Å²) in [6.45, 7) is 7.12. The summed E-state index contributed by atoms with van der Waals surface area (Å²) in [6, 6.07) is 6.02. The van der Waals surface area contributed by atoms with Gasteiger partial charge >= 0.3 is 0 Å². The van der Waals surface area contributed by atoms with Crippen LogP contribution in [0.1, 0.15) is 31.1 Å². The van der Waals surface area contributed by atoms with Crippen molar-refractivity contribution in [2.75, 3.05) is 26.2 Å². The molecule has 1 heterocycles. The lowest BCUT2D eigenvalue weighted by molar-refractivity contribution is -0.119. The monoisotopic (exact) mass is 353 g/mol. The molecular weight excluding hydrogens is 330 g/mol. The molecule has 24 heavy (non-hydrogen) atoms. The molecule has 8 heteroatoms. The summed E-state index contributed by atoms with van der Waals surface area (Å²) in [5.41, 5.74) is -0.282. The largest absolute Gasteiger partial charge is 0.342 e. The Kier molecular flexibility index (Phi) is 5.29. The van der Waals surface area contributed by atoms with E-state index >= 15 is 0 Å². The van der Waals surface area contributed by atoms with Crippen LogP contribution in [-0.4, -0.2) is 62.3 Å². The van der Waals surface area contributed by atoms with Crippen LogP contribution in [0.5, 0.6) is 0 Å². The summed E-state index contributed by atoms with van der Waals surface area (Å²) >= 11 is 0. The molecule has 2 rings (SSSR count). The minimum Gasteiger partial charge on any atom is -0.342 e. The van der Waals surface area contributed by atoms with Crippen molar-refractivity contribution in [3.05, 3.63) is 29.8 Å². The molecule has 7 nitrogen and oxygen atoms in total. The minimum atomic E-state index is -3.69. The molecule has 0 unspecified atom stereocenters. The van der Waals surface area contributed by atoms with Crippen molar-refractivity contribution in [1.29, 1.82) is 0 Å². The van der Waals surface area contributed by atoms with Gasteiger partial charge in [-0.05, 0) is 39.0 Å². The smallest absolute Gasteiger partial charge is 0.254 e. The van der Waals surface area contributed by atoms with E-state index in [2.05, 4.69) is 4.72 Å². The van der Waals surface area contributed by atoms with Crippen molar-refractivity contribution in [2.45, 2.75) is 31.2 Å². The van der Waals surface area contributed by atoms with Crippen LogP contribution >= 0.6 is 0 Å². The van der Waals surface area contributed by atoms with Crippen molar-refractivity contribution < 1.29 is 18.0 Å². The number of hydrogen-bond donors (Lipinski definition) is 1. The van der Waals surface area contributed by atoms with E-state index in [0.717, 1.165) is 6.41 Å². The molecule has 2 amide bonds. The van der Waals surface area contributed by atoms with Crippen LogP contribution in [0.15, 0.2) is 29.2 Å². The second kappa shape index (κ2) is 6.90. The normalized spacial score (nSPS) is 16.1. The first-order chi connectivity index (χ1) is 11.1. The topological polar surface area (TPSA) is 86.8 Å². The Morgan fingerprint density at radius 2 is 1.79 bits per heavy atom. The van der Waals surface area contributed by atoms with Crippen molar-refractivity contribution >= 4 is 22.3 Å². The van der Waals surface area contributed by atoms with E-state index in [9.17, 15) is 18.0 Å². The summed E-state index contributed by atoms with van der Waals surface area (Å²) in [5.74, 6) is -0.228. The van der Waals surface area contributed by atoms with Crippen LogP contribution in [0.3, 0.4) is 0 Å². The third kappa shape index (κ3) is 4.55. The number of carbonyl (C=O) groups is 2. The first-order valence-corrected chi connectivity index (χ1v) is 9.23. The Labute approximate surface area is 142 Å². The van der Waals surface area contributed by atoms with E-state index < -0.39 is 15.6 Å². The molecule has 0 spiro atoms. The number of sulfonamides is 1. The number of hydrogen-bond acceptors (Lipinski definition) is 4. The molecular formula is C16H23N3O4S. The van der Waals surface area contributed by atoms with E-state index in [4.69, 9.17) is 0 Å². The lowest BCUT2D eigenvalue weighted by atomic mass is 10.1. The van der Waals surface area contributed by atoms with Crippen molar-refractivity contribution in [3.63, 3.8) is 0 Å². The van der Waals surface area contributed by atoms with Gasteiger partial charge in [-0.2, -0.15) is 0 Å². The van der Waals surface area contributed by atoms with Gasteiger partial charge in [-0.15, -0.1) is 0 Å². The second-order valence-corrected chi connectivity index (χ2v) is 8.50. The third-order valence-corrected chi connectivity index (χ3v) is 5.34. The third-order valence-electron chi connectivity index (χ3n) is 3.58. The van der Waals surface area contributed by atoms with Gasteiger partial charge in [-0.1, -0.05) is 6.07 Å². The molecule has 132 valence electrons. The van der Waals surface area contributed by atoms with Gasteiger partial charge < -0.3 is 9.80 Å². The van der Waals surface area contributed by atoms with E-state index in [-0.39, 0.29) is 10.8 Å². The highest BCUT2D eigenvalue weighted by molar-refractivity contribution is 7.89. The zero-order valence-electron chi connectivity index (χ0n) is 14.2. The van der Waals surface area contributed by atoms with Gasteiger partial charge in [0.2, 0.25) is 16.4 Å². The molecule has 0 atom stereocenters. The number of rotatable bonds is 4. The van der Waals surface area contributed by atoms with Crippen molar-refractivity contribution in [1.82, 2.24) is 14.5 Å². The Bertz CT molecular complexity index is 717. The molecule has 1 aliphatic rings. The molecule has 1 saturated heterocycles. The van der Waals surface area contributed by atoms with Gasteiger partial charge in [0.1, 0.15) is 0 Å². The van der Waals surface area contributed by atoms with E-state index in [1.807, 2.05) is 0 Å². The standard InChI is InChI=1S/C16H23N3O4S/c1-16(2,3)17-24(22,23)14-6-4-5-13(11-14)15(21)19-9-7-18(12-20)8-10-19/h4-6,11-12,17H,7-10H2,1-3H3. The number of amides is 2. The maximum absolute atomic E-state index is 12.6. The number of piperazine rings is 1. The average Bonchev–Trinajstić information content (AvgIpc) is 2.52. The van der Waals surface area contributed by atoms with Gasteiger partial charge in [0.05, 0.1) is 4.90 Å². The average molecular weight is 353 g/mol. The fourth-order valence-electron chi connectivity index (χ4n) is 2.47. The van der Waals surface area contributed by atoms with Crippen LogP contribution < -0.4 is 4.72 Å². The maximum atomic E-state index is 12.6. The number of carbonyl (C=O) groups excluding carboxylic acids is 2. The molecule has 1 aliphatic heterocycles. The quantitative estimate of drug-likeness (QED) is 0.807. The highest BCUT2D eigenvalue weighted by Crippen LogP contribution is 2.16. The highest BCUT2D eigenvalue weighted by Gasteiger charge is 2.25. The molecule has 0 aliphatic carbocycles. The lowest BCUT2D eigenvalue weighted by Gasteiger charge is -2.32. The van der Waals surface area contributed by atoms with Gasteiger partial charge in [-0.3, -0.25) is 9.59 Å². The molecule has 1 aromatic carbocycles. The van der Waals surface area contributed by atoms with Crippen molar-refractivity contribution in [2.24, 2.45) is 0 Å². The second-order valence-electron chi connectivity index (χ2n) is 6.82. The molecule has 0 radical (unpaired) electrons. The number of benzene rings is 1. The molecule has 1 aromatic rings. The summed E-state index contributed by atoms with van der Waals surface area (Å²) < 4.78 is 27.4. The predicted octanol–water partition coefficient (Wildman–Crippen LogP) is 0.678. The SMILES string of the molecule is CC(C)(C)NS(=O)(=O)c1cccc(C(=O)N2CCN(C=O)CC2)c1. The number of nitrogens with zero attached hydrogens (tertiary/aromatic N) is 2. The van der Waals surface area contributed by atoms with Crippen molar-refractivity contribution in [3.8, 4) is 0 Å². The Morgan fingerprint density at radius 3 is 2.33 bits per heavy atom. The highest BCUT2D eigenvalue weighted by atomic mass is 32.2. The molecule has 0 saturated carbocycles. The summed E-state index contributed by atoms with van der Waals surface area (Å²) in [6.07, 6.45) is 0.771. The Morgan fingerprint density at radius 1 is 1.17 bits per heavy atom. The molecule has 1 N–H and O–H groups in total. The van der Waals surface area contributed by atoms with Gasteiger partial charge in [-0.25, -0.2) is 13.1 Å². The molecule has 0 bridgehead atoms. The van der Waals surface area contributed by atoms with E-state index in [1.165, 1.54) is 12.1 Å². The Hall–Kier alpha value is -1.93. The zero-order chi connectivity index (χ0) is 18.0. The first kappa shape index (κ1) is 18.4. The summed E-state index contributed by atoms with van der Waals surface area (Å²) in [4.78, 5) is 26.6. The van der Waals surface area contributed by atoms with Crippen LogP contribution in [-0.2, 0) is 14.8 Å². The predicted molar refractivity (Wildman–Crippen MR) is 90.1 cm³/mol. The van der Waals surface area contributed by atoms with Crippen LogP contribution in [0.4, 0.5) is 0 Å². The molecule has 0 aromatic heterocycles. The van der Waals surface area contributed by atoms with Crippen LogP contribution in [0.25, 0.3) is 0 Å². The summed E-state index contributed by atoms with van der Waals surface area (Å²) in [7, 11) is -3.69. The van der Waals surface area contributed by atoms with E-state index in [1.54, 1.807) is 42.7 Å². The van der Waals surface area contributed by atoms with Gasteiger partial charge in [0.15, 0.2) is 0 Å². The Balaban J connectivity index is 2.18. The number of nitrogens with one attached hydrogen (secondary N) is 1. The zero-order valence-corrected chi connectivity index (χ0v) is 15.0.